The molecule has 2 aromatic rings. The third-order valence-electron chi connectivity index (χ3n) is 4.25. The first-order valence-electron chi connectivity index (χ1n) is 7.41. The lowest BCUT2D eigenvalue weighted by Gasteiger charge is -2.19. The lowest BCUT2D eigenvalue weighted by molar-refractivity contribution is 0.265. The number of hydrogen-bond donors (Lipinski definition) is 0. The van der Waals surface area contributed by atoms with Crippen LogP contribution in [0, 0.1) is 5.92 Å². The molecule has 108 valence electrons. The summed E-state index contributed by atoms with van der Waals surface area (Å²) in [6.45, 7) is 6.98. The van der Waals surface area contributed by atoms with Gasteiger partial charge in [0.2, 0.25) is 0 Å². The van der Waals surface area contributed by atoms with Crippen molar-refractivity contribution >= 4 is 5.65 Å². The van der Waals surface area contributed by atoms with Gasteiger partial charge in [-0.1, -0.05) is 0 Å². The Labute approximate surface area is 120 Å². The van der Waals surface area contributed by atoms with E-state index in [0.717, 1.165) is 23.7 Å². The van der Waals surface area contributed by atoms with Crippen LogP contribution in [0.1, 0.15) is 26.0 Å². The Bertz CT molecular complexity index is 590. The molecule has 0 saturated carbocycles. The number of likely N-dealkylation sites (tertiary alicyclic amines) is 1. The fourth-order valence-corrected chi connectivity index (χ4v) is 3.04. The van der Waals surface area contributed by atoms with Gasteiger partial charge in [0.05, 0.1) is 19.0 Å². The highest BCUT2D eigenvalue weighted by atomic mass is 16.5. The molecule has 4 nitrogen and oxygen atoms in total. The topological polar surface area (TPSA) is 29.8 Å². The van der Waals surface area contributed by atoms with Crippen LogP contribution in [-0.2, 0) is 6.42 Å². The Morgan fingerprint density at radius 2 is 2.20 bits per heavy atom. The van der Waals surface area contributed by atoms with E-state index in [1.807, 2.05) is 18.3 Å². The Morgan fingerprint density at radius 3 is 2.90 bits per heavy atom. The predicted molar refractivity (Wildman–Crippen MR) is 80.3 cm³/mol. The zero-order valence-electron chi connectivity index (χ0n) is 12.5. The van der Waals surface area contributed by atoms with Crippen molar-refractivity contribution in [3.63, 3.8) is 0 Å². The van der Waals surface area contributed by atoms with Gasteiger partial charge in [0.1, 0.15) is 11.4 Å². The molecular weight excluding hydrogens is 250 g/mol. The quantitative estimate of drug-likeness (QED) is 0.857. The van der Waals surface area contributed by atoms with E-state index in [9.17, 15) is 0 Å². The summed E-state index contributed by atoms with van der Waals surface area (Å²) in [6, 6.07) is 4.63. The van der Waals surface area contributed by atoms with Crippen molar-refractivity contribution in [3.05, 3.63) is 30.2 Å². The molecule has 3 heterocycles. The molecule has 3 rings (SSSR count). The van der Waals surface area contributed by atoms with Crippen molar-refractivity contribution < 1.29 is 4.74 Å². The second-order valence-electron chi connectivity index (χ2n) is 6.01. The first kappa shape index (κ1) is 13.4. The number of ether oxygens (including phenoxy) is 1. The number of aromatic nitrogens is 2. The van der Waals surface area contributed by atoms with Gasteiger partial charge >= 0.3 is 0 Å². The molecule has 4 heteroatoms. The van der Waals surface area contributed by atoms with Gasteiger partial charge in [0.15, 0.2) is 0 Å². The standard InChI is InChI=1S/C16H23N3O/c1-12(2)18-7-6-13(9-18)8-14-10-19-11-15(20-3)4-5-16(19)17-14/h4-5,10-13H,6-9H2,1-3H3. The average molecular weight is 273 g/mol. The minimum Gasteiger partial charge on any atom is -0.495 e. The van der Waals surface area contributed by atoms with E-state index >= 15 is 0 Å². The number of methoxy groups -OCH3 is 1. The molecule has 1 fully saturated rings. The fourth-order valence-electron chi connectivity index (χ4n) is 3.04. The van der Waals surface area contributed by atoms with Gasteiger partial charge in [0, 0.05) is 18.8 Å². The molecule has 0 spiro atoms. The second-order valence-corrected chi connectivity index (χ2v) is 6.01. The largest absolute Gasteiger partial charge is 0.495 e. The zero-order chi connectivity index (χ0) is 14.1. The number of nitrogens with zero attached hydrogens (tertiary/aromatic N) is 3. The molecule has 1 unspecified atom stereocenters. The van der Waals surface area contributed by atoms with Crippen LogP contribution in [-0.4, -0.2) is 40.5 Å². The molecular formula is C16H23N3O. The van der Waals surface area contributed by atoms with Crippen molar-refractivity contribution in [2.45, 2.75) is 32.7 Å². The molecule has 1 aliphatic rings. The molecule has 0 amide bonds. The van der Waals surface area contributed by atoms with E-state index < -0.39 is 0 Å². The van der Waals surface area contributed by atoms with Gasteiger partial charge in [-0.15, -0.1) is 0 Å². The van der Waals surface area contributed by atoms with Gasteiger partial charge in [-0.2, -0.15) is 0 Å². The summed E-state index contributed by atoms with van der Waals surface area (Å²) in [5, 5.41) is 0. The third kappa shape index (κ3) is 2.66. The predicted octanol–water partition coefficient (Wildman–Crippen LogP) is 2.62. The van der Waals surface area contributed by atoms with Crippen molar-refractivity contribution in [1.29, 1.82) is 0 Å². The lowest BCUT2D eigenvalue weighted by atomic mass is 10.0. The van der Waals surface area contributed by atoms with Crippen LogP contribution in [0.2, 0.25) is 0 Å². The summed E-state index contributed by atoms with van der Waals surface area (Å²) in [5.41, 5.74) is 2.19. The van der Waals surface area contributed by atoms with Crippen LogP contribution < -0.4 is 4.74 Å². The normalized spacial score (nSPS) is 20.1. The Balaban J connectivity index is 1.72. The number of hydrogen-bond acceptors (Lipinski definition) is 3. The van der Waals surface area contributed by atoms with Crippen molar-refractivity contribution in [3.8, 4) is 5.75 Å². The highest BCUT2D eigenvalue weighted by Gasteiger charge is 2.24. The van der Waals surface area contributed by atoms with Gasteiger partial charge in [0.25, 0.3) is 0 Å². The molecule has 0 aromatic carbocycles. The van der Waals surface area contributed by atoms with E-state index in [1.165, 1.54) is 25.2 Å². The highest BCUT2D eigenvalue weighted by molar-refractivity contribution is 5.43. The maximum Gasteiger partial charge on any atom is 0.137 e. The van der Waals surface area contributed by atoms with Crippen LogP contribution in [0.15, 0.2) is 24.5 Å². The van der Waals surface area contributed by atoms with E-state index in [2.05, 4.69) is 29.3 Å². The first-order valence-corrected chi connectivity index (χ1v) is 7.41. The number of imidazole rings is 1. The molecule has 0 N–H and O–H groups in total. The molecule has 1 atom stereocenters. The summed E-state index contributed by atoms with van der Waals surface area (Å²) in [5.74, 6) is 1.61. The smallest absolute Gasteiger partial charge is 0.137 e. The summed E-state index contributed by atoms with van der Waals surface area (Å²) in [7, 11) is 1.69. The molecule has 0 bridgehead atoms. The van der Waals surface area contributed by atoms with Gasteiger partial charge < -0.3 is 14.0 Å². The molecule has 0 radical (unpaired) electrons. The SMILES string of the molecule is COc1ccc2nc(CC3CCN(C(C)C)C3)cn2c1. The van der Waals surface area contributed by atoms with E-state index in [-0.39, 0.29) is 0 Å². The highest BCUT2D eigenvalue weighted by Crippen LogP contribution is 2.23. The van der Waals surface area contributed by atoms with Crippen molar-refractivity contribution in [2.24, 2.45) is 5.92 Å². The van der Waals surface area contributed by atoms with Gasteiger partial charge in [-0.05, 0) is 51.3 Å². The average Bonchev–Trinajstić information content (AvgIpc) is 3.04. The van der Waals surface area contributed by atoms with Crippen LogP contribution in [0.4, 0.5) is 0 Å². The summed E-state index contributed by atoms with van der Waals surface area (Å²) >= 11 is 0. The van der Waals surface area contributed by atoms with Crippen LogP contribution >= 0.6 is 0 Å². The third-order valence-corrected chi connectivity index (χ3v) is 4.25. The van der Waals surface area contributed by atoms with Crippen molar-refractivity contribution in [2.75, 3.05) is 20.2 Å². The monoisotopic (exact) mass is 273 g/mol. The van der Waals surface area contributed by atoms with Gasteiger partial charge in [-0.25, -0.2) is 4.98 Å². The Hall–Kier alpha value is -1.55. The molecule has 1 saturated heterocycles. The minimum absolute atomic E-state index is 0.658. The summed E-state index contributed by atoms with van der Waals surface area (Å²) < 4.78 is 7.31. The van der Waals surface area contributed by atoms with E-state index in [0.29, 0.717) is 6.04 Å². The zero-order valence-corrected chi connectivity index (χ0v) is 12.5. The van der Waals surface area contributed by atoms with E-state index in [1.54, 1.807) is 7.11 Å². The lowest BCUT2D eigenvalue weighted by Crippen LogP contribution is -2.28. The van der Waals surface area contributed by atoms with Crippen LogP contribution in [0.25, 0.3) is 5.65 Å². The first-order chi connectivity index (χ1) is 9.65. The van der Waals surface area contributed by atoms with Gasteiger partial charge in [-0.3, -0.25) is 0 Å². The summed E-state index contributed by atoms with van der Waals surface area (Å²) in [4.78, 5) is 7.27. The number of pyridine rings is 1. The molecule has 0 aliphatic carbocycles. The number of rotatable bonds is 4. The molecule has 2 aromatic heterocycles. The Morgan fingerprint density at radius 1 is 1.35 bits per heavy atom. The maximum atomic E-state index is 5.25. The molecule has 20 heavy (non-hydrogen) atoms. The van der Waals surface area contributed by atoms with E-state index in [4.69, 9.17) is 9.72 Å². The second kappa shape index (κ2) is 5.44. The minimum atomic E-state index is 0.658. The fraction of sp³-hybridized carbons (Fsp3) is 0.562. The number of fused-ring (bicyclic) bond motifs is 1. The van der Waals surface area contributed by atoms with Crippen LogP contribution in [0.3, 0.4) is 0 Å². The summed E-state index contributed by atoms with van der Waals surface area (Å²) in [6.07, 6.45) is 6.49. The van der Waals surface area contributed by atoms with Crippen molar-refractivity contribution in [1.82, 2.24) is 14.3 Å². The van der Waals surface area contributed by atoms with Crippen LogP contribution in [0.5, 0.6) is 5.75 Å². The maximum absolute atomic E-state index is 5.25. The molecule has 1 aliphatic heterocycles. The Kier molecular flexibility index (Phi) is 3.66.